The number of aromatic nitrogens is 3. The molecule has 96 valence electrons. The van der Waals surface area contributed by atoms with E-state index in [9.17, 15) is 0 Å². The highest BCUT2D eigenvalue weighted by molar-refractivity contribution is 5.46. The van der Waals surface area contributed by atoms with E-state index in [-0.39, 0.29) is 0 Å². The van der Waals surface area contributed by atoms with Crippen LogP contribution >= 0.6 is 0 Å². The van der Waals surface area contributed by atoms with Crippen LogP contribution in [0.1, 0.15) is 28.4 Å². The number of hydrogen-bond acceptors (Lipinski definition) is 3. The Labute approximate surface area is 116 Å². The van der Waals surface area contributed by atoms with Gasteiger partial charge in [0.1, 0.15) is 5.82 Å². The van der Waals surface area contributed by atoms with E-state index in [2.05, 4.69) is 40.5 Å². The first-order valence-electron chi connectivity index (χ1n) is 6.67. The lowest BCUT2D eigenvalue weighted by Gasteiger charge is -2.06. The SMILES string of the molecule is N#Cc1ccn2c(C3Cc4ccccc4C3)nnc2c1. The van der Waals surface area contributed by atoms with Gasteiger partial charge in [0.2, 0.25) is 0 Å². The van der Waals surface area contributed by atoms with Gasteiger partial charge in [-0.3, -0.25) is 4.40 Å². The van der Waals surface area contributed by atoms with E-state index < -0.39 is 0 Å². The molecule has 0 fully saturated rings. The summed E-state index contributed by atoms with van der Waals surface area (Å²) in [5.74, 6) is 1.36. The van der Waals surface area contributed by atoms with Crippen molar-refractivity contribution in [1.82, 2.24) is 14.6 Å². The first-order valence-corrected chi connectivity index (χ1v) is 6.67. The average Bonchev–Trinajstić information content (AvgIpc) is 3.09. The summed E-state index contributed by atoms with van der Waals surface area (Å²) in [5.41, 5.74) is 4.17. The van der Waals surface area contributed by atoms with Crippen molar-refractivity contribution in [3.63, 3.8) is 0 Å². The highest BCUT2D eigenvalue weighted by atomic mass is 15.2. The Morgan fingerprint density at radius 2 is 1.85 bits per heavy atom. The van der Waals surface area contributed by atoms with Crippen LogP contribution in [0, 0.1) is 11.3 Å². The van der Waals surface area contributed by atoms with E-state index in [1.807, 2.05) is 16.7 Å². The fourth-order valence-electron chi connectivity index (χ4n) is 3.00. The molecule has 0 aliphatic heterocycles. The van der Waals surface area contributed by atoms with E-state index in [0.717, 1.165) is 24.3 Å². The summed E-state index contributed by atoms with van der Waals surface area (Å²) >= 11 is 0. The fraction of sp³-hybridized carbons (Fsp3) is 0.188. The first-order chi connectivity index (χ1) is 9.85. The molecule has 1 aliphatic rings. The van der Waals surface area contributed by atoms with Gasteiger partial charge < -0.3 is 0 Å². The standard InChI is InChI=1S/C16H12N4/c17-10-11-5-6-20-15(7-11)18-19-16(20)14-8-12-3-1-2-4-13(12)9-14/h1-7,14H,8-9H2. The number of nitriles is 1. The number of fused-ring (bicyclic) bond motifs is 2. The van der Waals surface area contributed by atoms with Crippen LogP contribution in [0.3, 0.4) is 0 Å². The van der Waals surface area contributed by atoms with E-state index in [1.54, 1.807) is 6.07 Å². The molecule has 0 radical (unpaired) electrons. The first kappa shape index (κ1) is 11.2. The van der Waals surface area contributed by atoms with Gasteiger partial charge in [0.25, 0.3) is 0 Å². The molecular weight excluding hydrogens is 248 g/mol. The molecule has 0 saturated heterocycles. The Kier molecular flexibility index (Phi) is 2.33. The van der Waals surface area contributed by atoms with Crippen molar-refractivity contribution in [2.45, 2.75) is 18.8 Å². The van der Waals surface area contributed by atoms with E-state index in [1.165, 1.54) is 11.1 Å². The molecule has 4 rings (SSSR count). The second-order valence-corrected chi connectivity index (χ2v) is 5.19. The van der Waals surface area contributed by atoms with Crippen molar-refractivity contribution in [1.29, 1.82) is 5.26 Å². The lowest BCUT2D eigenvalue weighted by molar-refractivity contribution is 0.672. The summed E-state index contributed by atoms with van der Waals surface area (Å²) in [6, 6.07) is 14.3. The molecular formula is C16H12N4. The smallest absolute Gasteiger partial charge is 0.162 e. The van der Waals surface area contributed by atoms with Crippen LogP contribution in [0.15, 0.2) is 42.6 Å². The zero-order valence-electron chi connectivity index (χ0n) is 10.8. The predicted molar refractivity (Wildman–Crippen MR) is 74.3 cm³/mol. The molecule has 20 heavy (non-hydrogen) atoms. The van der Waals surface area contributed by atoms with Gasteiger partial charge in [-0.2, -0.15) is 5.26 Å². The third-order valence-electron chi connectivity index (χ3n) is 3.98. The average molecular weight is 260 g/mol. The quantitative estimate of drug-likeness (QED) is 0.675. The summed E-state index contributed by atoms with van der Waals surface area (Å²) in [5, 5.41) is 17.5. The molecule has 1 aromatic carbocycles. The number of rotatable bonds is 1. The van der Waals surface area contributed by atoms with Crippen LogP contribution in [0.2, 0.25) is 0 Å². The minimum absolute atomic E-state index is 0.371. The Hall–Kier alpha value is -2.67. The molecule has 0 amide bonds. The van der Waals surface area contributed by atoms with Crippen LogP contribution in [-0.4, -0.2) is 14.6 Å². The van der Waals surface area contributed by atoms with Gasteiger partial charge in [0.05, 0.1) is 11.6 Å². The highest BCUT2D eigenvalue weighted by Crippen LogP contribution is 2.33. The lowest BCUT2D eigenvalue weighted by Crippen LogP contribution is -2.04. The molecule has 2 heterocycles. The molecule has 0 N–H and O–H groups in total. The van der Waals surface area contributed by atoms with Crippen LogP contribution in [0.25, 0.3) is 5.65 Å². The van der Waals surface area contributed by atoms with Crippen molar-refractivity contribution in [2.24, 2.45) is 0 Å². The molecule has 0 bridgehead atoms. The van der Waals surface area contributed by atoms with E-state index in [0.29, 0.717) is 11.5 Å². The topological polar surface area (TPSA) is 54.0 Å². The summed E-state index contributed by atoms with van der Waals surface area (Å²) in [6.45, 7) is 0. The largest absolute Gasteiger partial charge is 0.286 e. The molecule has 4 heteroatoms. The summed E-state index contributed by atoms with van der Waals surface area (Å²) in [6.07, 6.45) is 3.92. The highest BCUT2D eigenvalue weighted by Gasteiger charge is 2.26. The van der Waals surface area contributed by atoms with Crippen molar-refractivity contribution >= 4 is 5.65 Å². The Morgan fingerprint density at radius 3 is 2.55 bits per heavy atom. The monoisotopic (exact) mass is 260 g/mol. The maximum absolute atomic E-state index is 8.93. The minimum atomic E-state index is 0.371. The summed E-state index contributed by atoms with van der Waals surface area (Å²) < 4.78 is 2.00. The maximum atomic E-state index is 8.93. The normalized spacial score (nSPS) is 14.3. The Morgan fingerprint density at radius 1 is 1.10 bits per heavy atom. The van der Waals surface area contributed by atoms with E-state index in [4.69, 9.17) is 5.26 Å². The second kappa shape index (κ2) is 4.17. The van der Waals surface area contributed by atoms with Gasteiger partial charge in [-0.25, -0.2) is 0 Å². The van der Waals surface area contributed by atoms with Crippen molar-refractivity contribution in [3.05, 3.63) is 65.1 Å². The molecule has 0 atom stereocenters. The Balaban J connectivity index is 1.76. The molecule has 3 aromatic rings. The minimum Gasteiger partial charge on any atom is -0.286 e. The van der Waals surface area contributed by atoms with E-state index >= 15 is 0 Å². The molecule has 0 saturated carbocycles. The van der Waals surface area contributed by atoms with Crippen molar-refractivity contribution in [2.75, 3.05) is 0 Å². The maximum Gasteiger partial charge on any atom is 0.162 e. The van der Waals surface area contributed by atoms with Gasteiger partial charge in [0.15, 0.2) is 5.65 Å². The summed E-state index contributed by atoms with van der Waals surface area (Å²) in [4.78, 5) is 0. The fourth-order valence-corrected chi connectivity index (χ4v) is 3.00. The number of nitrogens with zero attached hydrogens (tertiary/aromatic N) is 4. The molecule has 0 unspecified atom stereocenters. The third-order valence-corrected chi connectivity index (χ3v) is 3.98. The second-order valence-electron chi connectivity index (χ2n) is 5.19. The third kappa shape index (κ3) is 1.60. The number of hydrogen-bond donors (Lipinski definition) is 0. The van der Waals surface area contributed by atoms with Crippen LogP contribution in [0.5, 0.6) is 0 Å². The lowest BCUT2D eigenvalue weighted by atomic mass is 10.1. The van der Waals surface area contributed by atoms with Crippen LogP contribution in [-0.2, 0) is 12.8 Å². The molecule has 0 spiro atoms. The zero-order chi connectivity index (χ0) is 13.5. The molecule has 2 aromatic heterocycles. The summed E-state index contributed by atoms with van der Waals surface area (Å²) in [7, 11) is 0. The zero-order valence-corrected chi connectivity index (χ0v) is 10.8. The Bertz CT molecular complexity index is 816. The van der Waals surface area contributed by atoms with Crippen LogP contribution < -0.4 is 0 Å². The van der Waals surface area contributed by atoms with Crippen LogP contribution in [0.4, 0.5) is 0 Å². The van der Waals surface area contributed by atoms with Gasteiger partial charge in [-0.15, -0.1) is 10.2 Å². The predicted octanol–water partition coefficient (Wildman–Crippen LogP) is 2.48. The van der Waals surface area contributed by atoms with Gasteiger partial charge >= 0.3 is 0 Å². The molecule has 1 aliphatic carbocycles. The molecule has 4 nitrogen and oxygen atoms in total. The van der Waals surface area contributed by atoms with Crippen molar-refractivity contribution < 1.29 is 0 Å². The van der Waals surface area contributed by atoms with Gasteiger partial charge in [-0.05, 0) is 30.0 Å². The number of benzene rings is 1. The van der Waals surface area contributed by atoms with Crippen molar-refractivity contribution in [3.8, 4) is 6.07 Å². The van der Waals surface area contributed by atoms with Gasteiger partial charge in [-0.1, -0.05) is 24.3 Å². The number of pyridine rings is 1. The van der Waals surface area contributed by atoms with Gasteiger partial charge in [0, 0.05) is 18.2 Å².